The molecule has 6 nitrogen and oxygen atoms in total. The van der Waals surface area contributed by atoms with Gasteiger partial charge in [0, 0.05) is 18.9 Å². The lowest BCUT2D eigenvalue weighted by atomic mass is 10.3. The minimum absolute atomic E-state index is 0.124. The lowest BCUT2D eigenvalue weighted by molar-refractivity contribution is 0.588. The Labute approximate surface area is 122 Å². The fourth-order valence-electron chi connectivity index (χ4n) is 1.47. The number of sulfonamides is 1. The summed E-state index contributed by atoms with van der Waals surface area (Å²) in [5.41, 5.74) is 0.947. The number of hydrogen-bond donors (Lipinski definition) is 2. The Balaban J connectivity index is 2.03. The Morgan fingerprint density at radius 2 is 1.95 bits per heavy atom. The van der Waals surface area contributed by atoms with Crippen LogP contribution in [-0.4, -0.2) is 25.4 Å². The fourth-order valence-corrected chi connectivity index (χ4v) is 2.25. The zero-order valence-electron chi connectivity index (χ0n) is 10.7. The van der Waals surface area contributed by atoms with Crippen LogP contribution in [0.25, 0.3) is 0 Å². The van der Waals surface area contributed by atoms with Gasteiger partial charge in [0.25, 0.3) is 0 Å². The Morgan fingerprint density at radius 3 is 2.50 bits per heavy atom. The zero-order chi connectivity index (χ0) is 14.6. The molecular weight excluding hydrogens is 300 g/mol. The average molecular weight is 313 g/mol. The summed E-state index contributed by atoms with van der Waals surface area (Å²) >= 11 is 5.70. The number of nitrogens with zero attached hydrogens (tertiary/aromatic N) is 2. The van der Waals surface area contributed by atoms with E-state index in [0.717, 1.165) is 5.56 Å². The van der Waals surface area contributed by atoms with Gasteiger partial charge in [0.1, 0.15) is 15.9 Å². The van der Waals surface area contributed by atoms with Crippen molar-refractivity contribution >= 4 is 27.4 Å². The van der Waals surface area contributed by atoms with E-state index in [1.165, 1.54) is 19.3 Å². The first-order valence-electron chi connectivity index (χ1n) is 5.75. The number of aromatic nitrogens is 2. The molecule has 106 valence electrons. The Kier molecular flexibility index (Phi) is 4.53. The number of anilines is 1. The predicted molar refractivity (Wildman–Crippen MR) is 77.1 cm³/mol. The maximum atomic E-state index is 11.5. The van der Waals surface area contributed by atoms with Gasteiger partial charge >= 0.3 is 0 Å². The molecule has 0 unspecified atom stereocenters. The molecule has 0 aromatic carbocycles. The third-order valence-electron chi connectivity index (χ3n) is 2.58. The highest BCUT2D eigenvalue weighted by molar-refractivity contribution is 7.89. The van der Waals surface area contributed by atoms with Gasteiger partial charge in [-0.15, -0.1) is 0 Å². The molecule has 0 aliphatic carbocycles. The molecule has 2 heterocycles. The molecule has 0 saturated carbocycles. The maximum Gasteiger partial charge on any atom is 0.241 e. The highest BCUT2D eigenvalue weighted by atomic mass is 35.5. The molecule has 0 fully saturated rings. The minimum Gasteiger partial charge on any atom is -0.366 e. The van der Waals surface area contributed by atoms with Crippen molar-refractivity contribution in [2.24, 2.45) is 0 Å². The van der Waals surface area contributed by atoms with Crippen LogP contribution in [-0.2, 0) is 16.6 Å². The first kappa shape index (κ1) is 14.7. The summed E-state index contributed by atoms with van der Waals surface area (Å²) in [7, 11) is -2.10. The summed E-state index contributed by atoms with van der Waals surface area (Å²) in [6, 6.07) is 6.64. The normalized spacial score (nSPS) is 11.3. The van der Waals surface area contributed by atoms with Gasteiger partial charge in [0.05, 0.1) is 0 Å². The van der Waals surface area contributed by atoms with E-state index in [1.807, 2.05) is 6.07 Å². The van der Waals surface area contributed by atoms with Gasteiger partial charge in [-0.3, -0.25) is 0 Å². The molecule has 0 amide bonds. The van der Waals surface area contributed by atoms with E-state index in [0.29, 0.717) is 17.5 Å². The van der Waals surface area contributed by atoms with Crippen LogP contribution in [0.15, 0.2) is 41.6 Å². The minimum atomic E-state index is -3.45. The highest BCUT2D eigenvalue weighted by Crippen LogP contribution is 2.12. The maximum absolute atomic E-state index is 11.5. The lowest BCUT2D eigenvalue weighted by Crippen LogP contribution is -2.18. The molecule has 0 radical (unpaired) electrons. The summed E-state index contributed by atoms with van der Waals surface area (Å²) in [6.07, 6.45) is 2.96. The number of nitrogens with one attached hydrogen (secondary N) is 2. The van der Waals surface area contributed by atoms with Crippen molar-refractivity contribution in [1.29, 1.82) is 0 Å². The second kappa shape index (κ2) is 6.17. The van der Waals surface area contributed by atoms with E-state index in [1.54, 1.807) is 18.3 Å². The standard InChI is InChI=1S/C12H13ClN4O2S/c1-14-20(18,19)10-3-5-12(17-8-10)16-7-9-2-4-11(13)15-6-9/h2-6,8,14H,7H2,1H3,(H,16,17). The second-order valence-electron chi connectivity index (χ2n) is 3.93. The monoisotopic (exact) mass is 312 g/mol. The molecular formula is C12H13ClN4O2S. The largest absolute Gasteiger partial charge is 0.366 e. The van der Waals surface area contributed by atoms with E-state index < -0.39 is 10.0 Å². The van der Waals surface area contributed by atoms with E-state index >= 15 is 0 Å². The number of pyridine rings is 2. The van der Waals surface area contributed by atoms with Crippen LogP contribution in [0.3, 0.4) is 0 Å². The number of halogens is 1. The van der Waals surface area contributed by atoms with Gasteiger partial charge in [0.15, 0.2) is 0 Å². The topological polar surface area (TPSA) is 84.0 Å². The zero-order valence-corrected chi connectivity index (χ0v) is 12.2. The highest BCUT2D eigenvalue weighted by Gasteiger charge is 2.11. The van der Waals surface area contributed by atoms with Gasteiger partial charge in [-0.25, -0.2) is 23.1 Å². The van der Waals surface area contributed by atoms with E-state index in [4.69, 9.17) is 11.6 Å². The first-order valence-corrected chi connectivity index (χ1v) is 7.61. The quantitative estimate of drug-likeness (QED) is 0.820. The SMILES string of the molecule is CNS(=O)(=O)c1ccc(NCc2ccc(Cl)nc2)nc1. The van der Waals surface area contributed by atoms with Gasteiger partial charge in [-0.1, -0.05) is 17.7 Å². The summed E-state index contributed by atoms with van der Waals surface area (Å²) in [6.45, 7) is 0.523. The summed E-state index contributed by atoms with van der Waals surface area (Å²) < 4.78 is 25.3. The second-order valence-corrected chi connectivity index (χ2v) is 6.20. The molecule has 0 spiro atoms. The Hall–Kier alpha value is -1.70. The molecule has 2 aromatic rings. The molecule has 20 heavy (non-hydrogen) atoms. The fraction of sp³-hybridized carbons (Fsp3) is 0.167. The number of rotatable bonds is 5. The Morgan fingerprint density at radius 1 is 1.15 bits per heavy atom. The van der Waals surface area contributed by atoms with Gasteiger partial charge in [-0.2, -0.15) is 0 Å². The summed E-state index contributed by atoms with van der Waals surface area (Å²) in [5.74, 6) is 0.579. The van der Waals surface area contributed by atoms with E-state index in [2.05, 4.69) is 20.0 Å². The van der Waals surface area contributed by atoms with E-state index in [9.17, 15) is 8.42 Å². The van der Waals surface area contributed by atoms with Gasteiger partial charge in [0.2, 0.25) is 10.0 Å². The number of hydrogen-bond acceptors (Lipinski definition) is 5. The van der Waals surface area contributed by atoms with Crippen LogP contribution in [0.5, 0.6) is 0 Å². The average Bonchev–Trinajstić information content (AvgIpc) is 2.47. The molecule has 0 saturated heterocycles. The molecule has 8 heteroatoms. The molecule has 0 aliphatic rings. The third kappa shape index (κ3) is 3.66. The van der Waals surface area contributed by atoms with Crippen LogP contribution < -0.4 is 10.0 Å². The van der Waals surface area contributed by atoms with Crippen LogP contribution in [0.4, 0.5) is 5.82 Å². The summed E-state index contributed by atoms with van der Waals surface area (Å²) in [4.78, 5) is 8.14. The van der Waals surface area contributed by atoms with Crippen LogP contribution >= 0.6 is 11.6 Å². The van der Waals surface area contributed by atoms with E-state index in [-0.39, 0.29) is 4.90 Å². The van der Waals surface area contributed by atoms with Crippen molar-refractivity contribution in [1.82, 2.24) is 14.7 Å². The molecule has 0 atom stereocenters. The molecule has 0 aliphatic heterocycles. The Bertz CT molecular complexity index is 672. The van der Waals surface area contributed by atoms with Crippen molar-refractivity contribution in [3.63, 3.8) is 0 Å². The molecule has 2 N–H and O–H groups in total. The smallest absolute Gasteiger partial charge is 0.241 e. The predicted octanol–water partition coefficient (Wildman–Crippen LogP) is 1.65. The molecule has 0 bridgehead atoms. The van der Waals surface area contributed by atoms with Gasteiger partial charge < -0.3 is 5.32 Å². The lowest BCUT2D eigenvalue weighted by Gasteiger charge is -2.07. The molecule has 2 rings (SSSR count). The van der Waals surface area contributed by atoms with Crippen molar-refractivity contribution < 1.29 is 8.42 Å². The summed E-state index contributed by atoms with van der Waals surface area (Å²) in [5, 5.41) is 3.51. The third-order valence-corrected chi connectivity index (χ3v) is 4.20. The van der Waals surface area contributed by atoms with Crippen LogP contribution in [0.1, 0.15) is 5.56 Å². The molecule has 2 aromatic heterocycles. The van der Waals surface area contributed by atoms with Gasteiger partial charge in [-0.05, 0) is 30.8 Å². The van der Waals surface area contributed by atoms with Crippen LogP contribution in [0.2, 0.25) is 5.15 Å². The van der Waals surface area contributed by atoms with Crippen molar-refractivity contribution in [3.8, 4) is 0 Å². The van der Waals surface area contributed by atoms with Crippen LogP contribution in [0, 0.1) is 0 Å². The van der Waals surface area contributed by atoms with Crippen molar-refractivity contribution in [2.45, 2.75) is 11.4 Å². The first-order chi connectivity index (χ1) is 9.51. The van der Waals surface area contributed by atoms with Crippen molar-refractivity contribution in [3.05, 3.63) is 47.4 Å². The van der Waals surface area contributed by atoms with Crippen molar-refractivity contribution in [2.75, 3.05) is 12.4 Å².